The number of rotatable bonds is 12. The predicted molar refractivity (Wildman–Crippen MR) is 118 cm³/mol. The van der Waals surface area contributed by atoms with Crippen molar-refractivity contribution >= 4 is 23.6 Å². The third kappa shape index (κ3) is 9.21. The van der Waals surface area contributed by atoms with Crippen LogP contribution < -0.4 is 21.3 Å². The highest BCUT2D eigenvalue weighted by Crippen LogP contribution is 2.12. The Morgan fingerprint density at radius 3 is 1.73 bits per heavy atom. The maximum Gasteiger partial charge on any atom is 0.243 e. The number of carbonyl (C=O) groups is 4. The van der Waals surface area contributed by atoms with Gasteiger partial charge in [-0.05, 0) is 45.6 Å². The summed E-state index contributed by atoms with van der Waals surface area (Å²) in [4.78, 5) is 51.2. The Labute approximate surface area is 181 Å². The van der Waals surface area contributed by atoms with Crippen LogP contribution in [0.15, 0.2) is 0 Å². The first-order valence-electron chi connectivity index (χ1n) is 10.6. The lowest BCUT2D eigenvalue weighted by molar-refractivity contribution is -0.141. The lowest BCUT2D eigenvalue weighted by Crippen LogP contribution is -2.57. The number of nitrogens with zero attached hydrogens (tertiary/aromatic N) is 1. The monoisotopic (exact) mass is 427 g/mol. The highest BCUT2D eigenvalue weighted by atomic mass is 16.2. The number of imide groups is 1. The summed E-state index contributed by atoms with van der Waals surface area (Å²) < 4.78 is 0. The molecule has 0 saturated carbocycles. The molecule has 9 nitrogen and oxygen atoms in total. The maximum absolute atomic E-state index is 12.8. The molecule has 0 aromatic heterocycles. The summed E-state index contributed by atoms with van der Waals surface area (Å²) in [5.41, 5.74) is 0. The Balaban J connectivity index is 4.98. The highest BCUT2D eigenvalue weighted by molar-refractivity contribution is 6.00. The molecule has 0 aliphatic carbocycles. The number of carbonyl (C=O) groups excluding carboxylic acids is 4. The summed E-state index contributed by atoms with van der Waals surface area (Å²) in [6.45, 7) is 11.2. The quantitative estimate of drug-likeness (QED) is 0.354. The minimum absolute atomic E-state index is 0.229. The maximum atomic E-state index is 12.8. The number of amides is 4. The van der Waals surface area contributed by atoms with Gasteiger partial charge in [0.1, 0.15) is 6.04 Å². The van der Waals surface area contributed by atoms with Gasteiger partial charge < -0.3 is 15.5 Å². The van der Waals surface area contributed by atoms with Crippen molar-refractivity contribution in [2.45, 2.75) is 78.6 Å². The van der Waals surface area contributed by atoms with E-state index >= 15 is 0 Å². The highest BCUT2D eigenvalue weighted by Gasteiger charge is 2.31. The van der Waals surface area contributed by atoms with E-state index in [1.165, 1.54) is 11.9 Å². The summed E-state index contributed by atoms with van der Waals surface area (Å²) in [7, 11) is 4.80. The van der Waals surface area contributed by atoms with E-state index in [0.29, 0.717) is 18.8 Å². The summed E-state index contributed by atoms with van der Waals surface area (Å²) in [5, 5.41) is 10.8. The van der Waals surface area contributed by atoms with Gasteiger partial charge in [0, 0.05) is 14.1 Å². The fourth-order valence-corrected chi connectivity index (χ4v) is 3.18. The van der Waals surface area contributed by atoms with E-state index in [1.54, 1.807) is 27.9 Å². The largest absolute Gasteiger partial charge is 0.357 e. The average molecular weight is 428 g/mol. The first-order chi connectivity index (χ1) is 13.8. The topological polar surface area (TPSA) is 120 Å². The molecule has 4 amide bonds. The number of likely N-dealkylation sites (N-methyl/N-ethyl adjacent to an activating group) is 3. The van der Waals surface area contributed by atoms with Crippen molar-refractivity contribution in [3.8, 4) is 0 Å². The van der Waals surface area contributed by atoms with Gasteiger partial charge in [0.2, 0.25) is 23.6 Å². The molecule has 174 valence electrons. The molecule has 4 N–H and O–H groups in total. The summed E-state index contributed by atoms with van der Waals surface area (Å²) in [6.07, 6.45) is 1.13. The van der Waals surface area contributed by atoms with Crippen molar-refractivity contribution in [3.63, 3.8) is 0 Å². The zero-order valence-electron chi connectivity index (χ0n) is 20.0. The minimum Gasteiger partial charge on any atom is -0.357 e. The second kappa shape index (κ2) is 13.3. The SMILES string of the molecule is CNC(=O)[C@H](CC(C)C)N(C)C(=O)[C@@H](C)NC(C)C(=O)NC(=O)[C@H](CC(C)C)NC. The fourth-order valence-electron chi connectivity index (χ4n) is 3.18. The Kier molecular flexibility index (Phi) is 12.4. The Morgan fingerprint density at radius 2 is 1.30 bits per heavy atom. The van der Waals surface area contributed by atoms with Gasteiger partial charge in [-0.15, -0.1) is 0 Å². The van der Waals surface area contributed by atoms with Gasteiger partial charge in [-0.1, -0.05) is 27.7 Å². The van der Waals surface area contributed by atoms with Gasteiger partial charge in [0.25, 0.3) is 0 Å². The Bertz CT molecular complexity index is 594. The molecule has 0 saturated heterocycles. The van der Waals surface area contributed by atoms with Crippen LogP contribution in [0.3, 0.4) is 0 Å². The average Bonchev–Trinajstić information content (AvgIpc) is 2.67. The van der Waals surface area contributed by atoms with E-state index < -0.39 is 36.0 Å². The molecule has 9 heteroatoms. The standard InChI is InChI=1S/C21H41N5O4/c1-12(2)10-16(22-7)19(28)25-18(27)14(5)24-15(6)21(30)26(9)17(11-13(3)4)20(29)23-8/h12-17,22,24H,10-11H2,1-9H3,(H,23,29)(H,25,27,28)/t14?,15-,16+,17+/m1/s1. The van der Waals surface area contributed by atoms with Crippen molar-refractivity contribution in [1.29, 1.82) is 0 Å². The van der Waals surface area contributed by atoms with Crippen LogP contribution in [0.5, 0.6) is 0 Å². The molecule has 0 radical (unpaired) electrons. The molecular weight excluding hydrogens is 386 g/mol. The van der Waals surface area contributed by atoms with Crippen LogP contribution in [0.25, 0.3) is 0 Å². The van der Waals surface area contributed by atoms with E-state index in [0.717, 1.165) is 0 Å². The third-order valence-corrected chi connectivity index (χ3v) is 4.94. The first-order valence-corrected chi connectivity index (χ1v) is 10.6. The van der Waals surface area contributed by atoms with E-state index in [-0.39, 0.29) is 17.7 Å². The molecule has 0 spiro atoms. The van der Waals surface area contributed by atoms with Crippen LogP contribution in [0.4, 0.5) is 0 Å². The summed E-state index contributed by atoms with van der Waals surface area (Å²) in [5.74, 6) is -0.901. The van der Waals surface area contributed by atoms with Gasteiger partial charge >= 0.3 is 0 Å². The minimum atomic E-state index is -0.763. The first kappa shape index (κ1) is 28.0. The smallest absolute Gasteiger partial charge is 0.243 e. The van der Waals surface area contributed by atoms with E-state index in [2.05, 4.69) is 21.3 Å². The zero-order chi connectivity index (χ0) is 23.6. The normalized spacial score (nSPS) is 15.3. The van der Waals surface area contributed by atoms with E-state index in [9.17, 15) is 19.2 Å². The Morgan fingerprint density at radius 1 is 0.767 bits per heavy atom. The van der Waals surface area contributed by atoms with Crippen molar-refractivity contribution in [1.82, 2.24) is 26.2 Å². The van der Waals surface area contributed by atoms with Crippen LogP contribution in [-0.4, -0.2) is 73.8 Å². The zero-order valence-corrected chi connectivity index (χ0v) is 20.0. The van der Waals surface area contributed by atoms with E-state index in [1.807, 2.05) is 27.7 Å². The Hall–Kier alpha value is -2.00. The van der Waals surface area contributed by atoms with Crippen LogP contribution in [0, 0.1) is 11.8 Å². The van der Waals surface area contributed by atoms with Crippen molar-refractivity contribution in [2.24, 2.45) is 11.8 Å². The summed E-state index contributed by atoms with van der Waals surface area (Å²) in [6, 6.07) is -2.53. The second-order valence-electron chi connectivity index (χ2n) is 8.64. The lowest BCUT2D eigenvalue weighted by atomic mass is 10.0. The second-order valence-corrected chi connectivity index (χ2v) is 8.64. The molecule has 0 bridgehead atoms. The van der Waals surface area contributed by atoms with Gasteiger partial charge in [0.05, 0.1) is 18.1 Å². The molecule has 0 fully saturated rings. The molecule has 30 heavy (non-hydrogen) atoms. The molecule has 0 aliphatic rings. The van der Waals surface area contributed by atoms with Crippen molar-refractivity contribution < 1.29 is 19.2 Å². The van der Waals surface area contributed by atoms with Crippen molar-refractivity contribution in [3.05, 3.63) is 0 Å². The van der Waals surface area contributed by atoms with E-state index in [4.69, 9.17) is 0 Å². The van der Waals surface area contributed by atoms with Gasteiger partial charge in [0.15, 0.2) is 0 Å². The van der Waals surface area contributed by atoms with Crippen molar-refractivity contribution in [2.75, 3.05) is 21.1 Å². The third-order valence-electron chi connectivity index (χ3n) is 4.94. The molecule has 0 aromatic rings. The fraction of sp³-hybridized carbons (Fsp3) is 0.810. The van der Waals surface area contributed by atoms with Gasteiger partial charge in [-0.2, -0.15) is 0 Å². The molecule has 4 atom stereocenters. The van der Waals surface area contributed by atoms with Crippen LogP contribution in [0.2, 0.25) is 0 Å². The summed E-state index contributed by atoms with van der Waals surface area (Å²) >= 11 is 0. The van der Waals surface area contributed by atoms with Crippen LogP contribution >= 0.6 is 0 Å². The molecule has 0 rings (SSSR count). The number of hydrogen-bond acceptors (Lipinski definition) is 6. The number of nitrogens with one attached hydrogen (secondary N) is 4. The molecule has 0 aromatic carbocycles. The van der Waals surface area contributed by atoms with Gasteiger partial charge in [-0.3, -0.25) is 29.8 Å². The van der Waals surface area contributed by atoms with Crippen LogP contribution in [0.1, 0.15) is 54.4 Å². The molecule has 0 heterocycles. The molecule has 0 aliphatic heterocycles. The predicted octanol–water partition coefficient (Wildman–Crippen LogP) is 0.249. The number of hydrogen-bond donors (Lipinski definition) is 4. The lowest BCUT2D eigenvalue weighted by Gasteiger charge is -2.31. The molecular formula is C21H41N5O4. The molecule has 1 unspecified atom stereocenters. The van der Waals surface area contributed by atoms with Gasteiger partial charge in [-0.25, -0.2) is 0 Å². The van der Waals surface area contributed by atoms with Crippen LogP contribution in [-0.2, 0) is 19.2 Å².